The lowest BCUT2D eigenvalue weighted by Crippen LogP contribution is -2.42. The van der Waals surface area contributed by atoms with E-state index in [9.17, 15) is 26.0 Å². The molecule has 3 aromatic carbocycles. The molecule has 1 saturated carbocycles. The number of rotatable bonds is 11. The minimum absolute atomic E-state index is 0.0692. The van der Waals surface area contributed by atoms with Crippen molar-refractivity contribution in [1.29, 1.82) is 0 Å². The number of nitrogens with zero attached hydrogens (tertiary/aromatic N) is 1. The first kappa shape index (κ1) is 33.1. The third-order valence-corrected chi connectivity index (χ3v) is 11.8. The molecule has 12 heteroatoms. The van der Waals surface area contributed by atoms with Gasteiger partial charge in [-0.2, -0.15) is 0 Å². The van der Waals surface area contributed by atoms with E-state index in [1.54, 1.807) is 36.4 Å². The molecule has 2 aliphatic rings. The lowest BCUT2D eigenvalue weighted by Gasteiger charge is -2.29. The van der Waals surface area contributed by atoms with Gasteiger partial charge in [-0.05, 0) is 85.7 Å². The highest BCUT2D eigenvalue weighted by Crippen LogP contribution is 2.28. The quantitative estimate of drug-likeness (QED) is 0.315. The molecule has 45 heavy (non-hydrogen) atoms. The number of hydrogen-bond acceptors (Lipinski definition) is 7. The molecule has 1 aliphatic heterocycles. The van der Waals surface area contributed by atoms with Crippen LogP contribution in [0.5, 0.6) is 5.75 Å². The van der Waals surface area contributed by atoms with E-state index in [4.69, 9.17) is 4.74 Å². The molecule has 242 valence electrons. The summed E-state index contributed by atoms with van der Waals surface area (Å²) in [4.78, 5) is 15.1. The monoisotopic (exact) mass is 657 g/mol. The number of sulfone groups is 1. The largest absolute Gasteiger partial charge is 0.492 e. The summed E-state index contributed by atoms with van der Waals surface area (Å²) in [5, 5.41) is 2.99. The smallest absolute Gasteiger partial charge is 0.240 e. The van der Waals surface area contributed by atoms with Gasteiger partial charge in [0.2, 0.25) is 15.9 Å². The zero-order valence-corrected chi connectivity index (χ0v) is 27.0. The van der Waals surface area contributed by atoms with Crippen molar-refractivity contribution in [1.82, 2.24) is 14.9 Å². The molecule has 0 radical (unpaired) electrons. The van der Waals surface area contributed by atoms with Crippen molar-refractivity contribution in [3.05, 3.63) is 84.2 Å². The van der Waals surface area contributed by atoms with Gasteiger partial charge < -0.3 is 10.1 Å². The molecule has 1 saturated heterocycles. The summed E-state index contributed by atoms with van der Waals surface area (Å²) in [5.41, 5.74) is 2.62. The molecule has 2 fully saturated rings. The second-order valence-electron chi connectivity index (χ2n) is 11.8. The van der Waals surface area contributed by atoms with E-state index in [1.807, 2.05) is 31.2 Å². The summed E-state index contributed by atoms with van der Waals surface area (Å²) in [5.74, 6) is 0.512. The predicted molar refractivity (Wildman–Crippen MR) is 171 cm³/mol. The Kier molecular flexibility index (Phi) is 10.6. The van der Waals surface area contributed by atoms with Crippen LogP contribution in [0.15, 0.2) is 77.7 Å². The average molecular weight is 658 g/mol. The zero-order valence-electron chi connectivity index (χ0n) is 25.3. The molecule has 5 rings (SSSR count). The van der Waals surface area contributed by atoms with Crippen molar-refractivity contribution in [2.75, 3.05) is 37.7 Å². The van der Waals surface area contributed by atoms with Gasteiger partial charge in [0.1, 0.15) is 18.2 Å². The van der Waals surface area contributed by atoms with Crippen molar-refractivity contribution >= 4 is 25.8 Å². The Hall–Kier alpha value is -3.32. The Balaban J connectivity index is 1.07. The number of benzene rings is 3. The van der Waals surface area contributed by atoms with Crippen LogP contribution in [0.2, 0.25) is 0 Å². The number of carbonyl (C=O) groups is 1. The average Bonchev–Trinajstić information content (AvgIpc) is 3.03. The zero-order chi connectivity index (χ0) is 32.0. The van der Waals surface area contributed by atoms with Crippen molar-refractivity contribution in [3.8, 4) is 16.9 Å². The minimum Gasteiger partial charge on any atom is -0.492 e. The molecular formula is C33H40FN3O6S2. The number of nitrogens with one attached hydrogen (secondary N) is 2. The maximum Gasteiger partial charge on any atom is 0.240 e. The molecule has 1 amide bonds. The van der Waals surface area contributed by atoms with Crippen molar-refractivity contribution in [2.45, 2.75) is 49.6 Å². The molecule has 0 bridgehead atoms. The van der Waals surface area contributed by atoms with Crippen LogP contribution in [-0.2, 0) is 24.7 Å². The van der Waals surface area contributed by atoms with E-state index in [2.05, 4.69) is 14.9 Å². The molecule has 1 atom stereocenters. The van der Waals surface area contributed by atoms with E-state index in [0.29, 0.717) is 57.7 Å². The van der Waals surface area contributed by atoms with Gasteiger partial charge in [0.25, 0.3) is 0 Å². The van der Waals surface area contributed by atoms with Crippen LogP contribution in [0, 0.1) is 11.7 Å². The van der Waals surface area contributed by atoms with E-state index in [0.717, 1.165) is 16.7 Å². The van der Waals surface area contributed by atoms with E-state index in [-0.39, 0.29) is 46.1 Å². The van der Waals surface area contributed by atoms with Gasteiger partial charge in [0, 0.05) is 31.6 Å². The maximum absolute atomic E-state index is 13.2. The standard InChI is InChI=1S/C33H40FN3O6S2/c1-24(25-2-10-29(34)11-3-25)35-33(38)28-4-12-30(13-5-28)36-45(41,42)32-16-8-27(9-17-32)26-6-14-31(15-7-26)43-21-18-37-19-22-44(39,40)23-20-37/h2-3,6-11,14-17,24,28,30,36H,4-5,12-13,18-23H2,1H3,(H,35,38)/t24-,28?,30?/m1/s1. The lowest BCUT2D eigenvalue weighted by molar-refractivity contribution is -0.126. The van der Waals surface area contributed by atoms with E-state index >= 15 is 0 Å². The van der Waals surface area contributed by atoms with Crippen LogP contribution in [-0.4, -0.2) is 71.4 Å². The Morgan fingerprint density at radius 2 is 1.49 bits per heavy atom. The van der Waals surface area contributed by atoms with Gasteiger partial charge >= 0.3 is 0 Å². The van der Waals surface area contributed by atoms with Gasteiger partial charge in [-0.3, -0.25) is 9.69 Å². The van der Waals surface area contributed by atoms with Crippen LogP contribution in [0.25, 0.3) is 11.1 Å². The molecule has 1 heterocycles. The number of hydrogen-bond donors (Lipinski definition) is 2. The molecule has 1 aliphatic carbocycles. The highest BCUT2D eigenvalue weighted by molar-refractivity contribution is 7.91. The first-order valence-corrected chi connectivity index (χ1v) is 18.6. The molecule has 0 unspecified atom stereocenters. The first-order valence-electron chi connectivity index (χ1n) is 15.3. The van der Waals surface area contributed by atoms with Gasteiger partial charge in [0.15, 0.2) is 9.84 Å². The second kappa shape index (κ2) is 14.4. The summed E-state index contributed by atoms with van der Waals surface area (Å²) in [6.45, 7) is 4.05. The topological polar surface area (TPSA) is 122 Å². The summed E-state index contributed by atoms with van der Waals surface area (Å²) in [6.07, 6.45) is 2.29. The van der Waals surface area contributed by atoms with Crippen molar-refractivity contribution in [3.63, 3.8) is 0 Å². The SMILES string of the molecule is C[C@@H](NC(=O)C1CCC(NS(=O)(=O)c2ccc(-c3ccc(OCCN4CCS(=O)(=O)CC4)cc3)cc2)CC1)c1ccc(F)cc1. The predicted octanol–water partition coefficient (Wildman–Crippen LogP) is 4.32. The lowest BCUT2D eigenvalue weighted by atomic mass is 9.85. The molecule has 0 spiro atoms. The molecule has 9 nitrogen and oxygen atoms in total. The highest BCUT2D eigenvalue weighted by atomic mass is 32.2. The molecule has 0 aromatic heterocycles. The van der Waals surface area contributed by atoms with E-state index in [1.165, 1.54) is 12.1 Å². The van der Waals surface area contributed by atoms with Crippen LogP contribution in [0.3, 0.4) is 0 Å². The fraction of sp³-hybridized carbons (Fsp3) is 0.424. The Labute approximate surface area is 265 Å². The first-order chi connectivity index (χ1) is 21.5. The second-order valence-corrected chi connectivity index (χ2v) is 15.9. The minimum atomic E-state index is -3.73. The van der Waals surface area contributed by atoms with Gasteiger partial charge in [-0.1, -0.05) is 36.4 Å². The summed E-state index contributed by atoms with van der Waals surface area (Å²) in [7, 11) is -6.62. The molecule has 3 aromatic rings. The third kappa shape index (κ3) is 9.12. The fourth-order valence-electron chi connectivity index (χ4n) is 5.76. The van der Waals surface area contributed by atoms with Gasteiger partial charge in [-0.25, -0.2) is 25.9 Å². The maximum atomic E-state index is 13.2. The highest BCUT2D eigenvalue weighted by Gasteiger charge is 2.30. The Bertz CT molecular complexity index is 1640. The van der Waals surface area contributed by atoms with Crippen LogP contribution < -0.4 is 14.8 Å². The number of amides is 1. The summed E-state index contributed by atoms with van der Waals surface area (Å²) >= 11 is 0. The number of sulfonamides is 1. The summed E-state index contributed by atoms with van der Waals surface area (Å²) in [6, 6.07) is 19.9. The van der Waals surface area contributed by atoms with Crippen LogP contribution >= 0.6 is 0 Å². The Morgan fingerprint density at radius 1 is 0.911 bits per heavy atom. The van der Waals surface area contributed by atoms with E-state index < -0.39 is 19.9 Å². The van der Waals surface area contributed by atoms with Crippen LogP contribution in [0.1, 0.15) is 44.2 Å². The van der Waals surface area contributed by atoms with Crippen molar-refractivity contribution < 1.29 is 30.8 Å². The Morgan fingerprint density at radius 3 is 2.09 bits per heavy atom. The molecular weight excluding hydrogens is 618 g/mol. The number of halogens is 1. The van der Waals surface area contributed by atoms with Crippen LogP contribution in [0.4, 0.5) is 4.39 Å². The van der Waals surface area contributed by atoms with Crippen molar-refractivity contribution in [2.24, 2.45) is 5.92 Å². The third-order valence-electron chi connectivity index (χ3n) is 8.61. The normalized spacial score (nSPS) is 21.1. The molecule has 2 N–H and O–H groups in total. The fourth-order valence-corrected chi connectivity index (χ4v) is 8.35. The van der Waals surface area contributed by atoms with Gasteiger partial charge in [0.05, 0.1) is 22.4 Å². The van der Waals surface area contributed by atoms with Gasteiger partial charge in [-0.15, -0.1) is 0 Å². The number of carbonyl (C=O) groups excluding carboxylic acids is 1. The summed E-state index contributed by atoms with van der Waals surface area (Å²) < 4.78 is 71.2. The number of ether oxygens (including phenoxy) is 1.